The van der Waals surface area contributed by atoms with Gasteiger partial charge in [-0.25, -0.2) is 0 Å². The van der Waals surface area contributed by atoms with Crippen molar-refractivity contribution in [2.45, 2.75) is 31.8 Å². The highest BCUT2D eigenvalue weighted by Gasteiger charge is 2.37. The van der Waals surface area contributed by atoms with Crippen molar-refractivity contribution in [3.05, 3.63) is 131 Å². The summed E-state index contributed by atoms with van der Waals surface area (Å²) in [7, 11) is 0. The molecule has 2 heterocycles. The number of hydrogen-bond donors (Lipinski definition) is 0. The Balaban J connectivity index is 1.52. The molecule has 1 saturated carbocycles. The Morgan fingerprint density at radius 3 is 2.24 bits per heavy atom. The fraction of sp³-hybridized carbons (Fsp3) is 0.152. The molecule has 2 aromatic heterocycles. The number of ketones is 1. The molecule has 0 amide bonds. The van der Waals surface area contributed by atoms with Crippen LogP contribution >= 0.6 is 11.6 Å². The minimum Gasteiger partial charge on any atom is -0.487 e. The van der Waals surface area contributed by atoms with E-state index in [9.17, 15) is 9.59 Å². The third-order valence-electron chi connectivity index (χ3n) is 7.15. The van der Waals surface area contributed by atoms with Crippen LogP contribution in [0.1, 0.15) is 51.5 Å². The first-order valence-corrected chi connectivity index (χ1v) is 13.2. The summed E-state index contributed by atoms with van der Waals surface area (Å²) in [4.78, 5) is 25.6. The predicted molar refractivity (Wildman–Crippen MR) is 150 cm³/mol. The smallest absolute Gasteiger partial charge is 0.293 e. The van der Waals surface area contributed by atoms with E-state index in [0.717, 1.165) is 46.4 Å². The maximum atomic E-state index is 13.3. The van der Waals surface area contributed by atoms with Crippen LogP contribution in [0.4, 0.5) is 0 Å². The van der Waals surface area contributed by atoms with Gasteiger partial charge < -0.3 is 9.14 Å². The molecule has 1 aliphatic carbocycles. The zero-order valence-corrected chi connectivity index (χ0v) is 21.5. The quantitative estimate of drug-likeness (QED) is 0.114. The van der Waals surface area contributed by atoms with Gasteiger partial charge in [-0.1, -0.05) is 84.9 Å². The zero-order valence-electron chi connectivity index (χ0n) is 20.8. The topological polar surface area (TPSA) is 47.8 Å². The van der Waals surface area contributed by atoms with Gasteiger partial charge >= 0.3 is 0 Å². The number of carbonyl (C=O) groups excluding carboxylic acids is 2. The van der Waals surface area contributed by atoms with E-state index in [-0.39, 0.29) is 5.92 Å². The van der Waals surface area contributed by atoms with Crippen molar-refractivity contribution in [3.8, 4) is 16.9 Å². The van der Waals surface area contributed by atoms with Crippen molar-refractivity contribution in [3.63, 3.8) is 0 Å². The van der Waals surface area contributed by atoms with Crippen LogP contribution in [-0.2, 0) is 17.8 Å². The minimum absolute atomic E-state index is 0.214. The van der Waals surface area contributed by atoms with Crippen LogP contribution in [0.5, 0.6) is 5.75 Å². The summed E-state index contributed by atoms with van der Waals surface area (Å²) in [6, 6.07) is 32.3. The Morgan fingerprint density at radius 2 is 1.53 bits per heavy atom. The molecule has 38 heavy (non-hydrogen) atoms. The number of carbonyl (C=O) groups is 2. The van der Waals surface area contributed by atoms with Crippen molar-refractivity contribution in [2.75, 3.05) is 0 Å². The van der Waals surface area contributed by atoms with E-state index in [1.54, 1.807) is 0 Å². The zero-order chi connectivity index (χ0) is 26.1. The molecule has 0 saturated heterocycles. The molecule has 1 aliphatic rings. The number of rotatable bonds is 9. The monoisotopic (exact) mass is 519 g/mol. The second-order valence-electron chi connectivity index (χ2n) is 9.68. The van der Waals surface area contributed by atoms with Gasteiger partial charge in [0.2, 0.25) is 5.78 Å². The lowest BCUT2D eigenvalue weighted by Gasteiger charge is -2.13. The van der Waals surface area contributed by atoms with E-state index in [1.807, 2.05) is 83.4 Å². The van der Waals surface area contributed by atoms with Gasteiger partial charge in [0.15, 0.2) is 0 Å². The number of benzene rings is 3. The molecule has 5 heteroatoms. The first-order valence-electron chi connectivity index (χ1n) is 12.8. The van der Waals surface area contributed by atoms with Crippen LogP contribution in [0.25, 0.3) is 16.6 Å². The summed E-state index contributed by atoms with van der Waals surface area (Å²) in [5.41, 5.74) is 7.34. The molecular formula is C33H26ClNO3. The summed E-state index contributed by atoms with van der Waals surface area (Å²) >= 11 is 5.82. The predicted octanol–water partition coefficient (Wildman–Crippen LogP) is 7.60. The van der Waals surface area contributed by atoms with Crippen molar-refractivity contribution < 1.29 is 14.3 Å². The number of hydrogen-bond acceptors (Lipinski definition) is 3. The highest BCUT2D eigenvalue weighted by molar-refractivity contribution is 6.83. The Morgan fingerprint density at radius 1 is 0.842 bits per heavy atom. The number of pyridine rings is 1. The van der Waals surface area contributed by atoms with E-state index >= 15 is 0 Å². The Bertz CT molecular complexity index is 1640. The van der Waals surface area contributed by atoms with Gasteiger partial charge in [-0.3, -0.25) is 9.59 Å². The van der Waals surface area contributed by atoms with Gasteiger partial charge in [-0.15, -0.1) is 0 Å². The fourth-order valence-corrected chi connectivity index (χ4v) is 5.38. The molecule has 0 bridgehead atoms. The van der Waals surface area contributed by atoms with Gasteiger partial charge in [0.05, 0.1) is 11.1 Å². The largest absolute Gasteiger partial charge is 0.487 e. The lowest BCUT2D eigenvalue weighted by atomic mass is 9.93. The number of aromatic nitrogens is 1. The molecule has 0 N–H and O–H groups in total. The second kappa shape index (κ2) is 10.3. The molecule has 4 nitrogen and oxygen atoms in total. The third kappa shape index (κ3) is 4.64. The summed E-state index contributed by atoms with van der Waals surface area (Å²) in [6.07, 6.45) is 4.50. The minimum atomic E-state index is -0.978. The first kappa shape index (κ1) is 24.2. The molecule has 0 aliphatic heterocycles. The average molecular weight is 520 g/mol. The molecule has 6 rings (SSSR count). The summed E-state index contributed by atoms with van der Waals surface area (Å²) in [5.74, 6) is 0.0947. The third-order valence-corrected chi connectivity index (χ3v) is 7.32. The van der Waals surface area contributed by atoms with Crippen LogP contribution in [-0.4, -0.2) is 15.4 Å². The highest BCUT2D eigenvalue weighted by Crippen LogP contribution is 2.48. The van der Waals surface area contributed by atoms with E-state index < -0.39 is 11.0 Å². The number of halogens is 1. The molecule has 1 fully saturated rings. The normalized spacial score (nSPS) is 13.0. The van der Waals surface area contributed by atoms with Crippen molar-refractivity contribution >= 4 is 28.1 Å². The average Bonchev–Trinajstić information content (AvgIpc) is 3.75. The Kier molecular flexibility index (Phi) is 6.57. The molecule has 5 aromatic rings. The van der Waals surface area contributed by atoms with Crippen molar-refractivity contribution in [2.24, 2.45) is 0 Å². The van der Waals surface area contributed by atoms with Gasteiger partial charge in [0.25, 0.3) is 5.24 Å². The van der Waals surface area contributed by atoms with Crippen LogP contribution in [0.15, 0.2) is 103 Å². The summed E-state index contributed by atoms with van der Waals surface area (Å²) in [6.45, 7) is 0.346. The van der Waals surface area contributed by atoms with E-state index in [2.05, 4.69) is 24.3 Å². The highest BCUT2D eigenvalue weighted by atomic mass is 35.5. The lowest BCUT2D eigenvalue weighted by Crippen LogP contribution is -2.10. The van der Waals surface area contributed by atoms with Crippen LogP contribution < -0.4 is 4.74 Å². The molecular weight excluding hydrogens is 494 g/mol. The van der Waals surface area contributed by atoms with Gasteiger partial charge in [0.1, 0.15) is 12.4 Å². The maximum absolute atomic E-state index is 13.3. The number of ether oxygens (including phenoxy) is 1. The molecule has 188 valence electrons. The van der Waals surface area contributed by atoms with Crippen LogP contribution in [0.3, 0.4) is 0 Å². The first-order chi connectivity index (χ1) is 18.6. The number of nitrogens with zero attached hydrogens (tertiary/aromatic N) is 1. The summed E-state index contributed by atoms with van der Waals surface area (Å²) in [5, 5.41) is -0.978. The van der Waals surface area contributed by atoms with Crippen LogP contribution in [0, 0.1) is 0 Å². The van der Waals surface area contributed by atoms with E-state index in [4.69, 9.17) is 16.3 Å². The molecule has 0 spiro atoms. The van der Waals surface area contributed by atoms with Crippen molar-refractivity contribution in [1.82, 2.24) is 4.40 Å². The van der Waals surface area contributed by atoms with Crippen LogP contribution in [0.2, 0.25) is 0 Å². The summed E-state index contributed by atoms with van der Waals surface area (Å²) < 4.78 is 8.29. The van der Waals surface area contributed by atoms with Gasteiger partial charge in [-0.2, -0.15) is 0 Å². The fourth-order valence-electron chi connectivity index (χ4n) is 5.29. The molecule has 0 radical (unpaired) electrons. The van der Waals surface area contributed by atoms with Gasteiger partial charge in [0, 0.05) is 18.3 Å². The van der Waals surface area contributed by atoms with Gasteiger partial charge in [-0.05, 0) is 70.3 Å². The standard InChI is InChI=1S/C33H26ClNO3/c34-33(37)32(36)30-29(24-17-18-24)27(20-25-14-7-8-15-26(25)23-12-5-2-6-13-23)35-19-9-16-28(31(30)35)38-21-22-10-3-1-4-11-22/h1-16,19,24H,17-18,20-21H2. The Labute approximate surface area is 226 Å². The molecule has 3 aromatic carbocycles. The van der Waals surface area contributed by atoms with Crippen molar-refractivity contribution in [1.29, 1.82) is 0 Å². The Hall–Kier alpha value is -4.15. The number of fused-ring (bicyclic) bond motifs is 1. The molecule has 0 atom stereocenters. The lowest BCUT2D eigenvalue weighted by molar-refractivity contribution is -0.108. The van der Waals surface area contributed by atoms with E-state index in [1.165, 1.54) is 0 Å². The molecule has 0 unspecified atom stereocenters. The van der Waals surface area contributed by atoms with E-state index in [0.29, 0.717) is 29.9 Å². The number of Topliss-reactive ketones (excluding diaryl/α,β-unsaturated/α-hetero) is 1. The second-order valence-corrected chi connectivity index (χ2v) is 10.0. The maximum Gasteiger partial charge on any atom is 0.293 e. The SMILES string of the molecule is O=C(Cl)C(=O)c1c(C2CC2)c(Cc2ccccc2-c2ccccc2)n2cccc(OCc3ccccc3)c12.